The van der Waals surface area contributed by atoms with Gasteiger partial charge < -0.3 is 19.4 Å². The Balaban J connectivity index is 1.49. The number of aryl methyl sites for hydroxylation is 1. The van der Waals surface area contributed by atoms with Crippen LogP contribution in [0.25, 0.3) is 5.52 Å². The number of hydrogen-bond acceptors (Lipinski definition) is 4. The average molecular weight is 467 g/mol. The Bertz CT molecular complexity index is 1100. The summed E-state index contributed by atoms with van der Waals surface area (Å²) in [5.74, 6) is -0.352. The van der Waals surface area contributed by atoms with E-state index >= 15 is 0 Å². The van der Waals surface area contributed by atoms with Gasteiger partial charge in [-0.1, -0.05) is 6.07 Å². The number of amides is 2. The van der Waals surface area contributed by atoms with Crippen LogP contribution < -0.4 is 5.32 Å². The minimum absolute atomic E-state index is 0.0152. The van der Waals surface area contributed by atoms with Crippen molar-refractivity contribution in [1.82, 2.24) is 19.6 Å². The molecule has 7 nitrogen and oxygen atoms in total. The number of ether oxygens (including phenoxy) is 1. The van der Waals surface area contributed by atoms with Gasteiger partial charge in [0.1, 0.15) is 11.4 Å². The first-order chi connectivity index (χ1) is 15.1. The maximum atomic E-state index is 13.7. The van der Waals surface area contributed by atoms with Gasteiger partial charge in [-0.3, -0.25) is 4.79 Å². The molecule has 1 saturated heterocycles. The predicted octanol–water partition coefficient (Wildman–Crippen LogP) is 4.13. The van der Waals surface area contributed by atoms with Crippen molar-refractivity contribution in [1.29, 1.82) is 0 Å². The van der Waals surface area contributed by atoms with E-state index < -0.39 is 29.1 Å². The molecule has 1 aliphatic heterocycles. The largest absolute Gasteiger partial charge is 0.444 e. The molecule has 4 rings (SSSR count). The lowest BCUT2D eigenvalue weighted by Crippen LogP contribution is -2.45. The molecule has 2 aromatic rings. The van der Waals surface area contributed by atoms with E-state index in [1.54, 1.807) is 58.6 Å². The minimum Gasteiger partial charge on any atom is -0.444 e. The number of pyridine rings is 1. The van der Waals surface area contributed by atoms with Crippen molar-refractivity contribution in [2.75, 3.05) is 13.1 Å². The highest BCUT2D eigenvalue weighted by molar-refractivity contribution is 5.84. The molecule has 33 heavy (non-hydrogen) atoms. The lowest BCUT2D eigenvalue weighted by atomic mass is 10.0. The Morgan fingerprint density at radius 2 is 1.73 bits per heavy atom. The fraction of sp³-hybridized carbons (Fsp3) is 0.609. The number of nitrogens with one attached hydrogen (secondary N) is 1. The van der Waals surface area contributed by atoms with Crippen LogP contribution in [-0.4, -0.2) is 45.0 Å². The SMILES string of the molecule is Cc1cccn2c(C(C)(C)NC(=O)C3C4CN(C(=O)OC(C)(C)C)CC43)nc(C(F)(F)F)c12. The second-order valence-corrected chi connectivity index (χ2v) is 10.5. The van der Waals surface area contributed by atoms with Crippen LogP contribution in [0.15, 0.2) is 18.3 Å². The van der Waals surface area contributed by atoms with Crippen LogP contribution >= 0.6 is 0 Å². The van der Waals surface area contributed by atoms with Gasteiger partial charge >= 0.3 is 12.3 Å². The maximum absolute atomic E-state index is 13.7. The predicted molar refractivity (Wildman–Crippen MR) is 114 cm³/mol. The van der Waals surface area contributed by atoms with Crippen molar-refractivity contribution in [3.63, 3.8) is 0 Å². The van der Waals surface area contributed by atoms with Gasteiger partial charge in [0.2, 0.25) is 5.91 Å². The van der Waals surface area contributed by atoms with Gasteiger partial charge in [-0.25, -0.2) is 9.78 Å². The molecular formula is C23H29F3N4O3. The number of hydrogen-bond donors (Lipinski definition) is 1. The monoisotopic (exact) mass is 466 g/mol. The molecule has 10 heteroatoms. The van der Waals surface area contributed by atoms with Crippen molar-refractivity contribution in [3.8, 4) is 0 Å². The van der Waals surface area contributed by atoms with Crippen molar-refractivity contribution in [2.45, 2.75) is 58.9 Å². The van der Waals surface area contributed by atoms with Crippen molar-refractivity contribution >= 4 is 17.5 Å². The zero-order valence-electron chi connectivity index (χ0n) is 19.6. The van der Waals surface area contributed by atoms with Gasteiger partial charge in [-0.15, -0.1) is 0 Å². The van der Waals surface area contributed by atoms with E-state index in [2.05, 4.69) is 10.3 Å². The summed E-state index contributed by atoms with van der Waals surface area (Å²) in [4.78, 5) is 30.8. The average Bonchev–Trinajstić information content (AvgIpc) is 3.00. The number of fused-ring (bicyclic) bond motifs is 2. The number of piperidine rings is 1. The van der Waals surface area contributed by atoms with E-state index in [0.717, 1.165) is 0 Å². The second kappa shape index (κ2) is 7.36. The summed E-state index contributed by atoms with van der Waals surface area (Å²) < 4.78 is 47.8. The molecule has 2 aliphatic rings. The van der Waals surface area contributed by atoms with E-state index in [1.807, 2.05) is 0 Å². The number of imidazole rings is 1. The van der Waals surface area contributed by atoms with E-state index in [-0.39, 0.29) is 35.0 Å². The Hall–Kier alpha value is -2.78. The topological polar surface area (TPSA) is 75.9 Å². The van der Waals surface area contributed by atoms with Gasteiger partial charge in [0.15, 0.2) is 5.69 Å². The zero-order valence-corrected chi connectivity index (χ0v) is 19.6. The molecule has 180 valence electrons. The lowest BCUT2D eigenvalue weighted by Gasteiger charge is -2.27. The lowest BCUT2D eigenvalue weighted by molar-refractivity contribution is -0.139. The fourth-order valence-electron chi connectivity index (χ4n) is 4.78. The fourth-order valence-corrected chi connectivity index (χ4v) is 4.78. The second-order valence-electron chi connectivity index (χ2n) is 10.5. The van der Waals surface area contributed by atoms with Crippen LogP contribution in [0.5, 0.6) is 0 Å². The normalized spacial score (nSPS) is 22.9. The van der Waals surface area contributed by atoms with Crippen LogP contribution in [0, 0.1) is 24.7 Å². The molecule has 2 unspecified atom stereocenters. The molecule has 3 heterocycles. The Kier molecular flexibility index (Phi) is 5.22. The van der Waals surface area contributed by atoms with E-state index in [0.29, 0.717) is 18.7 Å². The molecule has 0 spiro atoms. The molecule has 1 aliphatic carbocycles. The molecule has 2 aromatic heterocycles. The van der Waals surface area contributed by atoms with Crippen LogP contribution in [0.4, 0.5) is 18.0 Å². The van der Waals surface area contributed by atoms with Crippen LogP contribution in [0.3, 0.4) is 0 Å². The molecular weight excluding hydrogens is 437 g/mol. The quantitative estimate of drug-likeness (QED) is 0.738. The first kappa shape index (κ1) is 23.4. The van der Waals surface area contributed by atoms with E-state index in [4.69, 9.17) is 4.74 Å². The number of aromatic nitrogens is 2. The first-order valence-electron chi connectivity index (χ1n) is 11.0. The summed E-state index contributed by atoms with van der Waals surface area (Å²) >= 11 is 0. The summed E-state index contributed by atoms with van der Waals surface area (Å²) in [5, 5.41) is 2.90. The van der Waals surface area contributed by atoms with Crippen LogP contribution in [0.1, 0.15) is 51.7 Å². The van der Waals surface area contributed by atoms with Gasteiger partial charge in [-0.2, -0.15) is 13.2 Å². The van der Waals surface area contributed by atoms with Crippen LogP contribution in [-0.2, 0) is 21.2 Å². The molecule has 2 amide bonds. The van der Waals surface area contributed by atoms with Crippen LogP contribution in [0.2, 0.25) is 0 Å². The molecule has 1 saturated carbocycles. The van der Waals surface area contributed by atoms with Crippen molar-refractivity contribution in [2.24, 2.45) is 17.8 Å². The number of alkyl halides is 3. The van der Waals surface area contributed by atoms with Gasteiger partial charge in [0.05, 0.1) is 11.1 Å². The van der Waals surface area contributed by atoms with E-state index in [1.165, 1.54) is 10.6 Å². The Morgan fingerprint density at radius 1 is 1.12 bits per heavy atom. The molecule has 0 bridgehead atoms. The molecule has 0 radical (unpaired) electrons. The molecule has 2 atom stereocenters. The number of likely N-dealkylation sites (tertiary alicyclic amines) is 1. The van der Waals surface area contributed by atoms with Gasteiger partial charge in [-0.05, 0) is 65.0 Å². The Morgan fingerprint density at radius 3 is 2.27 bits per heavy atom. The summed E-state index contributed by atoms with van der Waals surface area (Å²) in [6.45, 7) is 11.1. The highest BCUT2D eigenvalue weighted by Gasteiger charge is 2.61. The Labute approximate surface area is 190 Å². The number of nitrogens with zero attached hydrogens (tertiary/aromatic N) is 3. The summed E-state index contributed by atoms with van der Waals surface area (Å²) in [6, 6.07) is 3.26. The maximum Gasteiger partial charge on any atom is 0.435 e. The number of rotatable bonds is 3. The third-order valence-electron chi connectivity index (χ3n) is 6.28. The zero-order chi connectivity index (χ0) is 24.5. The summed E-state index contributed by atoms with van der Waals surface area (Å²) in [7, 11) is 0. The summed E-state index contributed by atoms with van der Waals surface area (Å²) in [5.41, 5.74) is -2.26. The van der Waals surface area contributed by atoms with E-state index in [9.17, 15) is 22.8 Å². The first-order valence-corrected chi connectivity index (χ1v) is 11.0. The minimum atomic E-state index is -4.62. The number of carbonyl (C=O) groups excluding carboxylic acids is 2. The van der Waals surface area contributed by atoms with Gasteiger partial charge in [0, 0.05) is 25.2 Å². The van der Waals surface area contributed by atoms with Gasteiger partial charge in [0.25, 0.3) is 0 Å². The highest BCUT2D eigenvalue weighted by Crippen LogP contribution is 2.52. The third-order valence-corrected chi connectivity index (χ3v) is 6.28. The van der Waals surface area contributed by atoms with Crippen molar-refractivity contribution in [3.05, 3.63) is 35.4 Å². The number of halogens is 3. The standard InChI is InChI=1S/C23H29F3N4O3/c1-12-8-7-9-30-16(12)17(23(24,25)26)27-19(30)22(5,6)28-18(31)15-13-10-29(11-14(13)15)20(32)33-21(2,3)4/h7-9,13-15H,10-11H2,1-6H3,(H,28,31). The molecule has 1 N–H and O–H groups in total. The molecule has 0 aromatic carbocycles. The van der Waals surface area contributed by atoms with Crippen molar-refractivity contribution < 1.29 is 27.5 Å². The highest BCUT2D eigenvalue weighted by atomic mass is 19.4. The number of carbonyl (C=O) groups is 2. The summed E-state index contributed by atoms with van der Waals surface area (Å²) in [6.07, 6.45) is -3.49. The third kappa shape index (κ3) is 4.27. The molecule has 2 fully saturated rings. The smallest absolute Gasteiger partial charge is 0.435 e.